The van der Waals surface area contributed by atoms with Crippen molar-refractivity contribution in [2.24, 2.45) is 5.73 Å². The molecule has 0 spiro atoms. The molecule has 2 aromatic heterocycles. The van der Waals surface area contributed by atoms with Crippen LogP contribution in [-0.4, -0.2) is 9.97 Å². The standard InChI is InChI=1S/C23H21N3/c1-2-21-20-14-19(17-6-4-3-5-7-17)23(26-22(20)12-13-25-21)18-10-8-16(15-24)9-11-18/h3-14H,2,15,24H2,1H3. The van der Waals surface area contributed by atoms with Gasteiger partial charge in [0.1, 0.15) is 0 Å². The first-order valence-electron chi connectivity index (χ1n) is 8.93. The van der Waals surface area contributed by atoms with Gasteiger partial charge in [-0.3, -0.25) is 4.98 Å². The molecular formula is C23H21N3. The normalized spacial score (nSPS) is 11.0. The molecule has 0 bridgehead atoms. The van der Waals surface area contributed by atoms with Crippen LogP contribution in [0.3, 0.4) is 0 Å². The summed E-state index contributed by atoms with van der Waals surface area (Å²) in [5, 5.41) is 1.12. The predicted molar refractivity (Wildman–Crippen MR) is 108 cm³/mol. The van der Waals surface area contributed by atoms with Crippen molar-refractivity contribution < 1.29 is 0 Å². The van der Waals surface area contributed by atoms with E-state index < -0.39 is 0 Å². The maximum Gasteiger partial charge on any atom is 0.0788 e. The zero-order valence-corrected chi connectivity index (χ0v) is 14.8. The lowest BCUT2D eigenvalue weighted by atomic mass is 9.96. The van der Waals surface area contributed by atoms with Gasteiger partial charge in [0.25, 0.3) is 0 Å². The van der Waals surface area contributed by atoms with Crippen LogP contribution in [0.15, 0.2) is 72.9 Å². The fourth-order valence-corrected chi connectivity index (χ4v) is 3.29. The van der Waals surface area contributed by atoms with Crippen molar-refractivity contribution in [3.05, 3.63) is 84.2 Å². The molecule has 0 saturated carbocycles. The van der Waals surface area contributed by atoms with Gasteiger partial charge >= 0.3 is 0 Å². The number of aromatic nitrogens is 2. The molecule has 0 aliphatic carbocycles. The van der Waals surface area contributed by atoms with E-state index >= 15 is 0 Å². The van der Waals surface area contributed by atoms with Crippen LogP contribution in [-0.2, 0) is 13.0 Å². The Labute approximate surface area is 153 Å². The Hall–Kier alpha value is -3.04. The van der Waals surface area contributed by atoms with Gasteiger partial charge in [-0.25, -0.2) is 4.98 Å². The van der Waals surface area contributed by atoms with E-state index in [1.165, 1.54) is 0 Å². The quantitative estimate of drug-likeness (QED) is 0.570. The lowest BCUT2D eigenvalue weighted by molar-refractivity contribution is 1.05. The summed E-state index contributed by atoms with van der Waals surface area (Å²) < 4.78 is 0. The summed E-state index contributed by atoms with van der Waals surface area (Å²) in [5.41, 5.74) is 13.3. The van der Waals surface area contributed by atoms with Crippen LogP contribution in [0.5, 0.6) is 0 Å². The van der Waals surface area contributed by atoms with Crippen LogP contribution in [0, 0.1) is 0 Å². The monoisotopic (exact) mass is 339 g/mol. The van der Waals surface area contributed by atoms with Crippen molar-refractivity contribution in [3.8, 4) is 22.4 Å². The minimum atomic E-state index is 0.544. The molecular weight excluding hydrogens is 318 g/mol. The molecule has 2 heterocycles. The van der Waals surface area contributed by atoms with Gasteiger partial charge in [-0.15, -0.1) is 0 Å². The lowest BCUT2D eigenvalue weighted by Gasteiger charge is -2.13. The summed E-state index contributed by atoms with van der Waals surface area (Å²) in [6, 6.07) is 23.0. The zero-order chi connectivity index (χ0) is 17.9. The largest absolute Gasteiger partial charge is 0.326 e. The molecule has 0 aliphatic heterocycles. The Morgan fingerprint density at radius 3 is 2.35 bits per heavy atom. The number of aryl methyl sites for hydroxylation is 1. The second-order valence-corrected chi connectivity index (χ2v) is 6.33. The van der Waals surface area contributed by atoms with Gasteiger partial charge in [0.05, 0.1) is 11.2 Å². The van der Waals surface area contributed by atoms with Crippen LogP contribution < -0.4 is 5.73 Å². The number of nitrogens with two attached hydrogens (primary N) is 1. The van der Waals surface area contributed by atoms with Crippen LogP contribution in [0.4, 0.5) is 0 Å². The number of fused-ring (bicyclic) bond motifs is 1. The van der Waals surface area contributed by atoms with Gasteiger partial charge in [-0.2, -0.15) is 0 Å². The summed E-state index contributed by atoms with van der Waals surface area (Å²) in [5.74, 6) is 0. The van der Waals surface area contributed by atoms with E-state index in [1.54, 1.807) is 0 Å². The molecule has 2 N–H and O–H groups in total. The highest BCUT2D eigenvalue weighted by atomic mass is 14.7. The number of benzene rings is 2. The highest BCUT2D eigenvalue weighted by Gasteiger charge is 2.13. The van der Waals surface area contributed by atoms with E-state index in [1.807, 2.05) is 18.3 Å². The van der Waals surface area contributed by atoms with Crippen molar-refractivity contribution in [1.82, 2.24) is 9.97 Å². The van der Waals surface area contributed by atoms with E-state index in [0.29, 0.717) is 6.54 Å². The van der Waals surface area contributed by atoms with Gasteiger partial charge in [-0.1, -0.05) is 61.5 Å². The maximum absolute atomic E-state index is 5.74. The Morgan fingerprint density at radius 1 is 0.885 bits per heavy atom. The Balaban J connectivity index is 2.00. The fraction of sp³-hybridized carbons (Fsp3) is 0.130. The number of hydrogen-bond acceptors (Lipinski definition) is 3. The summed E-state index contributed by atoms with van der Waals surface area (Å²) >= 11 is 0. The fourth-order valence-electron chi connectivity index (χ4n) is 3.29. The summed E-state index contributed by atoms with van der Waals surface area (Å²) in [7, 11) is 0. The van der Waals surface area contributed by atoms with E-state index in [9.17, 15) is 0 Å². The highest BCUT2D eigenvalue weighted by molar-refractivity contribution is 5.92. The third-order valence-electron chi connectivity index (χ3n) is 4.71. The molecule has 0 radical (unpaired) electrons. The summed E-state index contributed by atoms with van der Waals surface area (Å²) in [6.07, 6.45) is 2.73. The van der Waals surface area contributed by atoms with Crippen molar-refractivity contribution in [2.45, 2.75) is 19.9 Å². The number of hydrogen-bond donors (Lipinski definition) is 1. The van der Waals surface area contributed by atoms with E-state index in [2.05, 4.69) is 66.5 Å². The summed E-state index contributed by atoms with van der Waals surface area (Å²) in [4.78, 5) is 9.55. The van der Waals surface area contributed by atoms with Gasteiger partial charge in [0.15, 0.2) is 0 Å². The minimum absolute atomic E-state index is 0.544. The molecule has 3 heteroatoms. The van der Waals surface area contributed by atoms with Gasteiger partial charge in [0, 0.05) is 34.9 Å². The summed E-state index contributed by atoms with van der Waals surface area (Å²) in [6.45, 7) is 2.67. The molecule has 4 aromatic rings. The van der Waals surface area contributed by atoms with Gasteiger partial charge < -0.3 is 5.73 Å². The van der Waals surface area contributed by atoms with Crippen LogP contribution in [0.1, 0.15) is 18.2 Å². The van der Waals surface area contributed by atoms with Crippen LogP contribution in [0.25, 0.3) is 33.3 Å². The predicted octanol–water partition coefficient (Wildman–Crippen LogP) is 4.98. The number of pyridine rings is 2. The maximum atomic E-state index is 5.74. The van der Waals surface area contributed by atoms with Crippen molar-refractivity contribution in [3.63, 3.8) is 0 Å². The van der Waals surface area contributed by atoms with E-state index in [0.717, 1.165) is 51.0 Å². The molecule has 0 fully saturated rings. The molecule has 26 heavy (non-hydrogen) atoms. The van der Waals surface area contributed by atoms with Crippen molar-refractivity contribution in [2.75, 3.05) is 0 Å². The first-order chi connectivity index (χ1) is 12.8. The SMILES string of the molecule is CCc1nccc2nc(-c3ccc(CN)cc3)c(-c3ccccc3)cc12. The van der Waals surface area contributed by atoms with Crippen molar-refractivity contribution in [1.29, 1.82) is 0 Å². The second kappa shape index (κ2) is 7.06. The first kappa shape index (κ1) is 16.4. The smallest absolute Gasteiger partial charge is 0.0788 e. The molecule has 128 valence electrons. The average Bonchev–Trinajstić information content (AvgIpc) is 2.73. The van der Waals surface area contributed by atoms with E-state index in [-0.39, 0.29) is 0 Å². The first-order valence-corrected chi connectivity index (χ1v) is 8.93. The number of rotatable bonds is 4. The molecule has 0 saturated heterocycles. The average molecular weight is 339 g/mol. The molecule has 3 nitrogen and oxygen atoms in total. The van der Waals surface area contributed by atoms with Crippen molar-refractivity contribution >= 4 is 10.9 Å². The van der Waals surface area contributed by atoms with Gasteiger partial charge in [0.2, 0.25) is 0 Å². The topological polar surface area (TPSA) is 51.8 Å². The number of nitrogens with zero attached hydrogens (tertiary/aromatic N) is 2. The molecule has 4 rings (SSSR count). The van der Waals surface area contributed by atoms with Crippen LogP contribution in [0.2, 0.25) is 0 Å². The Morgan fingerprint density at radius 2 is 1.65 bits per heavy atom. The second-order valence-electron chi connectivity index (χ2n) is 6.33. The third kappa shape index (κ3) is 2.98. The lowest BCUT2D eigenvalue weighted by Crippen LogP contribution is -1.97. The Kier molecular flexibility index (Phi) is 4.46. The molecule has 0 unspecified atom stereocenters. The zero-order valence-electron chi connectivity index (χ0n) is 14.8. The third-order valence-corrected chi connectivity index (χ3v) is 4.71. The highest BCUT2D eigenvalue weighted by Crippen LogP contribution is 2.34. The van der Waals surface area contributed by atoms with Gasteiger partial charge in [-0.05, 0) is 29.7 Å². The minimum Gasteiger partial charge on any atom is -0.326 e. The molecule has 0 amide bonds. The van der Waals surface area contributed by atoms with Crippen LogP contribution >= 0.6 is 0 Å². The Bertz CT molecular complexity index is 1040. The molecule has 0 atom stereocenters. The molecule has 0 aliphatic rings. The van der Waals surface area contributed by atoms with E-state index in [4.69, 9.17) is 10.7 Å². The molecule has 2 aromatic carbocycles.